The average Bonchev–Trinajstić information content (AvgIpc) is 3.09. The van der Waals surface area contributed by atoms with E-state index in [9.17, 15) is 8.78 Å². The Morgan fingerprint density at radius 1 is 1.35 bits per heavy atom. The highest BCUT2D eigenvalue weighted by atomic mass is 19.3. The fourth-order valence-corrected chi connectivity index (χ4v) is 1.94. The molecule has 0 bridgehead atoms. The molecule has 0 aromatic heterocycles. The van der Waals surface area contributed by atoms with Gasteiger partial charge < -0.3 is 11.1 Å². The number of nitrogens with one attached hydrogen (secondary N) is 1. The molecule has 0 radical (unpaired) electrons. The molecule has 0 aliphatic heterocycles. The highest BCUT2D eigenvalue weighted by molar-refractivity contribution is 5.58. The molecule has 0 amide bonds. The van der Waals surface area contributed by atoms with Crippen molar-refractivity contribution in [3.05, 3.63) is 23.8 Å². The Morgan fingerprint density at radius 2 is 2.12 bits per heavy atom. The predicted octanol–water partition coefficient (Wildman–Crippen LogP) is 3.81. The van der Waals surface area contributed by atoms with Crippen molar-refractivity contribution < 1.29 is 8.78 Å². The van der Waals surface area contributed by atoms with Crippen LogP contribution in [0.1, 0.15) is 37.7 Å². The Morgan fingerprint density at radius 3 is 2.76 bits per heavy atom. The molecular formula is C13H18F2N2. The number of rotatable bonds is 6. The van der Waals surface area contributed by atoms with E-state index in [0.717, 1.165) is 18.9 Å². The van der Waals surface area contributed by atoms with Gasteiger partial charge in [-0.1, -0.05) is 12.8 Å². The maximum atomic E-state index is 12.8. The van der Waals surface area contributed by atoms with Gasteiger partial charge in [-0.15, -0.1) is 0 Å². The first-order valence-electron chi connectivity index (χ1n) is 6.08. The van der Waals surface area contributed by atoms with Crippen molar-refractivity contribution in [2.45, 2.75) is 32.1 Å². The molecule has 0 spiro atoms. The summed E-state index contributed by atoms with van der Waals surface area (Å²) in [7, 11) is 0. The van der Waals surface area contributed by atoms with Crippen LogP contribution in [0.3, 0.4) is 0 Å². The zero-order chi connectivity index (χ0) is 12.3. The summed E-state index contributed by atoms with van der Waals surface area (Å²) in [5, 5.41) is 3.07. The van der Waals surface area contributed by atoms with Crippen LogP contribution in [-0.4, -0.2) is 6.54 Å². The lowest BCUT2D eigenvalue weighted by molar-refractivity contribution is 0.152. The minimum absolute atomic E-state index is 0.00331. The van der Waals surface area contributed by atoms with E-state index >= 15 is 0 Å². The molecule has 1 saturated carbocycles. The number of hydrogen-bond acceptors (Lipinski definition) is 2. The number of alkyl halides is 2. The lowest BCUT2D eigenvalue weighted by atomic mass is 10.1. The minimum atomic E-state index is -2.48. The molecule has 94 valence electrons. The molecule has 2 nitrogen and oxygen atoms in total. The van der Waals surface area contributed by atoms with Gasteiger partial charge in [-0.25, -0.2) is 8.78 Å². The standard InChI is InChI=1S/C13H18F2N2/c14-13(15)11-8-10(16)5-6-12(11)17-7-1-2-9-3-4-9/h5-6,8-9,13,17H,1-4,7,16H2. The van der Waals surface area contributed by atoms with E-state index < -0.39 is 6.43 Å². The second kappa shape index (κ2) is 5.34. The molecule has 2 rings (SSSR count). The highest BCUT2D eigenvalue weighted by Gasteiger charge is 2.20. The number of nitrogens with two attached hydrogens (primary N) is 1. The van der Waals surface area contributed by atoms with Crippen molar-refractivity contribution >= 4 is 11.4 Å². The van der Waals surface area contributed by atoms with Crippen LogP contribution in [0.25, 0.3) is 0 Å². The van der Waals surface area contributed by atoms with Crippen molar-refractivity contribution in [2.24, 2.45) is 5.92 Å². The van der Waals surface area contributed by atoms with Gasteiger partial charge >= 0.3 is 0 Å². The lowest BCUT2D eigenvalue weighted by Gasteiger charge is -2.12. The first-order valence-corrected chi connectivity index (χ1v) is 6.08. The third-order valence-electron chi connectivity index (χ3n) is 3.11. The molecule has 0 atom stereocenters. The van der Waals surface area contributed by atoms with Crippen LogP contribution in [0.5, 0.6) is 0 Å². The topological polar surface area (TPSA) is 38.0 Å². The van der Waals surface area contributed by atoms with Gasteiger partial charge in [0.25, 0.3) is 6.43 Å². The molecule has 17 heavy (non-hydrogen) atoms. The van der Waals surface area contributed by atoms with Gasteiger partial charge in [0, 0.05) is 23.5 Å². The van der Waals surface area contributed by atoms with Crippen LogP contribution in [0, 0.1) is 5.92 Å². The average molecular weight is 240 g/mol. The smallest absolute Gasteiger partial charge is 0.265 e. The zero-order valence-electron chi connectivity index (χ0n) is 9.76. The number of benzene rings is 1. The van der Waals surface area contributed by atoms with Crippen molar-refractivity contribution in [1.82, 2.24) is 0 Å². The Hall–Kier alpha value is -1.32. The number of nitrogen functional groups attached to an aromatic ring is 1. The molecule has 1 aliphatic rings. The summed E-state index contributed by atoms with van der Waals surface area (Å²) >= 11 is 0. The van der Waals surface area contributed by atoms with Crippen LogP contribution < -0.4 is 11.1 Å². The monoisotopic (exact) mass is 240 g/mol. The van der Waals surface area contributed by atoms with E-state index in [1.807, 2.05) is 0 Å². The number of hydrogen-bond donors (Lipinski definition) is 2. The predicted molar refractivity (Wildman–Crippen MR) is 66.3 cm³/mol. The molecule has 0 heterocycles. The largest absolute Gasteiger partial charge is 0.399 e. The second-order valence-corrected chi connectivity index (χ2v) is 4.66. The van der Waals surface area contributed by atoms with Gasteiger partial charge in [-0.2, -0.15) is 0 Å². The van der Waals surface area contributed by atoms with Gasteiger partial charge in [0.1, 0.15) is 0 Å². The summed E-state index contributed by atoms with van der Waals surface area (Å²) in [5.41, 5.74) is 6.39. The normalized spacial score (nSPS) is 15.2. The summed E-state index contributed by atoms with van der Waals surface area (Å²) in [5.74, 6) is 0.887. The van der Waals surface area contributed by atoms with Crippen LogP contribution in [-0.2, 0) is 0 Å². The van der Waals surface area contributed by atoms with Crippen molar-refractivity contribution in [3.8, 4) is 0 Å². The summed E-state index contributed by atoms with van der Waals surface area (Å²) in [6, 6.07) is 4.62. The summed E-state index contributed by atoms with van der Waals surface area (Å²) in [6.07, 6.45) is 2.43. The summed E-state index contributed by atoms with van der Waals surface area (Å²) < 4.78 is 25.5. The fourth-order valence-electron chi connectivity index (χ4n) is 1.94. The highest BCUT2D eigenvalue weighted by Crippen LogP contribution is 2.33. The quantitative estimate of drug-likeness (QED) is 0.586. The second-order valence-electron chi connectivity index (χ2n) is 4.66. The van der Waals surface area contributed by atoms with Gasteiger partial charge in [0.2, 0.25) is 0 Å². The van der Waals surface area contributed by atoms with E-state index in [1.54, 1.807) is 12.1 Å². The molecule has 3 N–H and O–H groups in total. The lowest BCUT2D eigenvalue weighted by Crippen LogP contribution is -2.05. The minimum Gasteiger partial charge on any atom is -0.399 e. The van der Waals surface area contributed by atoms with Gasteiger partial charge in [-0.3, -0.25) is 0 Å². The van der Waals surface area contributed by atoms with Crippen LogP contribution >= 0.6 is 0 Å². The molecule has 1 aliphatic carbocycles. The van der Waals surface area contributed by atoms with Crippen LogP contribution in [0.4, 0.5) is 20.2 Å². The van der Waals surface area contributed by atoms with E-state index in [0.29, 0.717) is 11.4 Å². The Balaban J connectivity index is 1.89. The van der Waals surface area contributed by atoms with Crippen LogP contribution in [0.2, 0.25) is 0 Å². The van der Waals surface area contributed by atoms with Crippen molar-refractivity contribution in [1.29, 1.82) is 0 Å². The molecule has 1 aromatic carbocycles. The Bertz CT molecular complexity index is 376. The molecule has 4 heteroatoms. The molecule has 0 saturated heterocycles. The molecule has 1 aromatic rings. The third-order valence-corrected chi connectivity index (χ3v) is 3.11. The first-order chi connectivity index (χ1) is 8.16. The maximum absolute atomic E-state index is 12.8. The van der Waals surface area contributed by atoms with Crippen LogP contribution in [0.15, 0.2) is 18.2 Å². The van der Waals surface area contributed by atoms with Crippen molar-refractivity contribution in [3.63, 3.8) is 0 Å². The van der Waals surface area contributed by atoms with E-state index in [-0.39, 0.29) is 5.56 Å². The SMILES string of the molecule is Nc1ccc(NCCCC2CC2)c(C(F)F)c1. The Kier molecular flexibility index (Phi) is 3.82. The molecule has 1 fully saturated rings. The van der Waals surface area contributed by atoms with Gasteiger partial charge in [-0.05, 0) is 37.0 Å². The summed E-state index contributed by atoms with van der Waals surface area (Å²) in [4.78, 5) is 0. The van der Waals surface area contributed by atoms with E-state index in [2.05, 4.69) is 5.32 Å². The van der Waals surface area contributed by atoms with E-state index in [4.69, 9.17) is 5.73 Å². The number of halogens is 2. The molecule has 0 unspecified atom stereocenters. The third kappa shape index (κ3) is 3.58. The number of anilines is 2. The summed E-state index contributed by atoms with van der Waals surface area (Å²) in [6.45, 7) is 0.750. The van der Waals surface area contributed by atoms with E-state index in [1.165, 1.54) is 25.3 Å². The van der Waals surface area contributed by atoms with Crippen molar-refractivity contribution in [2.75, 3.05) is 17.6 Å². The Labute approximate surface area is 100 Å². The molecular weight excluding hydrogens is 222 g/mol. The first kappa shape index (κ1) is 12.1. The van der Waals surface area contributed by atoms with Gasteiger partial charge in [0.05, 0.1) is 0 Å². The van der Waals surface area contributed by atoms with Gasteiger partial charge in [0.15, 0.2) is 0 Å². The maximum Gasteiger partial charge on any atom is 0.265 e. The fraction of sp³-hybridized carbons (Fsp3) is 0.538. The zero-order valence-corrected chi connectivity index (χ0v) is 9.76.